The van der Waals surface area contributed by atoms with Crippen LogP contribution in [0.2, 0.25) is 0 Å². The van der Waals surface area contributed by atoms with Crippen LogP contribution in [0.15, 0.2) is 18.2 Å². The second-order valence-corrected chi connectivity index (χ2v) is 4.97. The Balaban J connectivity index is 2.01. The molecular formula is C13H15F4N3O2. The molecule has 0 spiro atoms. The molecule has 1 aliphatic rings. The highest BCUT2D eigenvalue weighted by molar-refractivity contribution is 5.89. The number of hydrogen-bond acceptors (Lipinski definition) is 3. The minimum atomic E-state index is -4.98. The van der Waals surface area contributed by atoms with E-state index in [1.165, 1.54) is 4.90 Å². The molecule has 22 heavy (non-hydrogen) atoms. The number of carbonyl (C=O) groups excluding carboxylic acids is 1. The van der Waals surface area contributed by atoms with E-state index in [9.17, 15) is 22.4 Å². The normalized spacial score (nSPS) is 19.0. The van der Waals surface area contributed by atoms with E-state index in [1.807, 2.05) is 0 Å². The molecule has 0 bridgehead atoms. The Morgan fingerprint density at radius 1 is 1.41 bits per heavy atom. The molecule has 2 amide bonds. The zero-order valence-electron chi connectivity index (χ0n) is 11.5. The summed E-state index contributed by atoms with van der Waals surface area (Å²) in [5.74, 6) is -2.17. The lowest BCUT2D eigenvalue weighted by Crippen LogP contribution is -2.47. The van der Waals surface area contributed by atoms with Crippen LogP contribution in [0, 0.1) is 5.82 Å². The van der Waals surface area contributed by atoms with Crippen molar-refractivity contribution in [2.45, 2.75) is 25.2 Å². The summed E-state index contributed by atoms with van der Waals surface area (Å²) < 4.78 is 53.1. The number of anilines is 1. The fourth-order valence-corrected chi connectivity index (χ4v) is 2.18. The molecule has 1 aliphatic heterocycles. The molecule has 1 aromatic rings. The Bertz CT molecular complexity index is 551. The average molecular weight is 321 g/mol. The molecule has 1 saturated heterocycles. The molecular weight excluding hydrogens is 306 g/mol. The molecule has 1 atom stereocenters. The number of hydrogen-bond donors (Lipinski definition) is 2. The summed E-state index contributed by atoms with van der Waals surface area (Å²) in [6.07, 6.45) is -3.39. The zero-order chi connectivity index (χ0) is 16.3. The van der Waals surface area contributed by atoms with Crippen LogP contribution in [-0.4, -0.2) is 36.4 Å². The lowest BCUT2D eigenvalue weighted by Gasteiger charge is -2.30. The van der Waals surface area contributed by atoms with E-state index in [1.54, 1.807) is 0 Å². The summed E-state index contributed by atoms with van der Waals surface area (Å²) >= 11 is 0. The summed E-state index contributed by atoms with van der Waals surface area (Å²) in [4.78, 5) is 13.4. The van der Waals surface area contributed by atoms with Gasteiger partial charge in [0.15, 0.2) is 11.6 Å². The maximum atomic E-state index is 13.5. The van der Waals surface area contributed by atoms with E-state index in [4.69, 9.17) is 5.73 Å². The molecule has 5 nitrogen and oxygen atoms in total. The highest BCUT2D eigenvalue weighted by Gasteiger charge is 2.32. The number of nitrogens with zero attached hydrogens (tertiary/aromatic N) is 1. The summed E-state index contributed by atoms with van der Waals surface area (Å²) in [6.45, 7) is 0.904. The monoisotopic (exact) mass is 321 g/mol. The molecule has 1 heterocycles. The van der Waals surface area contributed by atoms with Gasteiger partial charge in [-0.25, -0.2) is 9.18 Å². The summed E-state index contributed by atoms with van der Waals surface area (Å²) in [6, 6.07) is 2.12. The van der Waals surface area contributed by atoms with Crippen LogP contribution in [0.4, 0.5) is 28.0 Å². The van der Waals surface area contributed by atoms with Gasteiger partial charge in [0.05, 0.1) is 0 Å². The number of piperidine rings is 1. The van der Waals surface area contributed by atoms with Crippen LogP contribution in [0.1, 0.15) is 12.8 Å². The highest BCUT2D eigenvalue weighted by atomic mass is 19.4. The van der Waals surface area contributed by atoms with Gasteiger partial charge in [0.25, 0.3) is 0 Å². The first-order valence-electron chi connectivity index (χ1n) is 6.61. The Kier molecular flexibility index (Phi) is 4.74. The van der Waals surface area contributed by atoms with Gasteiger partial charge in [-0.2, -0.15) is 0 Å². The third-order valence-corrected chi connectivity index (χ3v) is 3.15. The minimum absolute atomic E-state index is 0.0381. The van der Waals surface area contributed by atoms with E-state index in [2.05, 4.69) is 10.1 Å². The van der Waals surface area contributed by atoms with Gasteiger partial charge < -0.3 is 20.7 Å². The Labute approximate surface area is 124 Å². The SMILES string of the molecule is NC1CCCN(C(=O)Nc2ccc(OC(F)(F)F)c(F)c2)C1. The van der Waals surface area contributed by atoms with Crippen molar-refractivity contribution in [2.75, 3.05) is 18.4 Å². The molecule has 1 unspecified atom stereocenters. The van der Waals surface area contributed by atoms with E-state index in [0.29, 0.717) is 13.1 Å². The minimum Gasteiger partial charge on any atom is -0.403 e. The molecule has 122 valence electrons. The van der Waals surface area contributed by atoms with Crippen molar-refractivity contribution >= 4 is 11.7 Å². The maximum absolute atomic E-state index is 13.5. The fourth-order valence-electron chi connectivity index (χ4n) is 2.18. The van der Waals surface area contributed by atoms with Crippen LogP contribution >= 0.6 is 0 Å². The first-order valence-corrected chi connectivity index (χ1v) is 6.61. The number of amides is 2. The average Bonchev–Trinajstić information content (AvgIpc) is 2.40. The third-order valence-electron chi connectivity index (χ3n) is 3.15. The van der Waals surface area contributed by atoms with E-state index in [0.717, 1.165) is 31.0 Å². The van der Waals surface area contributed by atoms with Gasteiger partial charge in [-0.3, -0.25) is 0 Å². The van der Waals surface area contributed by atoms with Gasteiger partial charge in [0.1, 0.15) is 0 Å². The summed E-state index contributed by atoms with van der Waals surface area (Å²) in [5, 5.41) is 2.42. The van der Waals surface area contributed by atoms with Gasteiger partial charge in [-0.15, -0.1) is 13.2 Å². The van der Waals surface area contributed by atoms with E-state index < -0.39 is 24.0 Å². The van der Waals surface area contributed by atoms with Gasteiger partial charge in [0, 0.05) is 30.9 Å². The first kappa shape index (κ1) is 16.3. The number of halogens is 4. The van der Waals surface area contributed by atoms with E-state index >= 15 is 0 Å². The maximum Gasteiger partial charge on any atom is 0.573 e. The van der Waals surface area contributed by atoms with E-state index in [-0.39, 0.29) is 11.7 Å². The lowest BCUT2D eigenvalue weighted by molar-refractivity contribution is -0.275. The van der Waals surface area contributed by atoms with Crippen molar-refractivity contribution in [3.05, 3.63) is 24.0 Å². The van der Waals surface area contributed by atoms with Gasteiger partial charge in [-0.1, -0.05) is 0 Å². The number of carbonyl (C=O) groups is 1. The summed E-state index contributed by atoms with van der Waals surface area (Å²) in [7, 11) is 0. The fraction of sp³-hybridized carbons (Fsp3) is 0.462. The molecule has 9 heteroatoms. The molecule has 0 aliphatic carbocycles. The molecule has 1 aromatic carbocycles. The molecule has 1 fully saturated rings. The van der Waals surface area contributed by atoms with Crippen molar-refractivity contribution in [3.8, 4) is 5.75 Å². The smallest absolute Gasteiger partial charge is 0.403 e. The van der Waals surface area contributed by atoms with Crippen molar-refractivity contribution in [3.63, 3.8) is 0 Å². The van der Waals surface area contributed by atoms with Crippen molar-refractivity contribution < 1.29 is 27.1 Å². The molecule has 0 aromatic heterocycles. The van der Waals surface area contributed by atoms with Crippen LogP contribution < -0.4 is 15.8 Å². The number of ether oxygens (including phenoxy) is 1. The predicted octanol–water partition coefficient (Wildman–Crippen LogP) is 2.68. The second-order valence-electron chi connectivity index (χ2n) is 4.97. The van der Waals surface area contributed by atoms with Crippen molar-refractivity contribution in [2.24, 2.45) is 5.73 Å². The number of likely N-dealkylation sites (tertiary alicyclic amines) is 1. The van der Waals surface area contributed by atoms with Gasteiger partial charge in [-0.05, 0) is 25.0 Å². The van der Waals surface area contributed by atoms with Crippen molar-refractivity contribution in [1.29, 1.82) is 0 Å². The van der Waals surface area contributed by atoms with Crippen LogP contribution in [0.5, 0.6) is 5.75 Å². The topological polar surface area (TPSA) is 67.6 Å². The van der Waals surface area contributed by atoms with Crippen LogP contribution in [-0.2, 0) is 0 Å². The number of benzene rings is 1. The van der Waals surface area contributed by atoms with Gasteiger partial charge >= 0.3 is 12.4 Å². The Hall–Kier alpha value is -2.03. The van der Waals surface area contributed by atoms with Crippen LogP contribution in [0.3, 0.4) is 0 Å². The first-order chi connectivity index (χ1) is 10.2. The lowest BCUT2D eigenvalue weighted by atomic mass is 10.1. The Morgan fingerprint density at radius 2 is 2.14 bits per heavy atom. The number of urea groups is 1. The number of alkyl halides is 3. The molecule has 3 N–H and O–H groups in total. The van der Waals surface area contributed by atoms with Crippen LogP contribution in [0.25, 0.3) is 0 Å². The predicted molar refractivity (Wildman–Crippen MR) is 70.9 cm³/mol. The standard InChI is InChI=1S/C13H15F4N3O2/c14-10-6-9(3-4-11(10)22-13(15,16)17)19-12(21)20-5-1-2-8(18)7-20/h3-4,6,8H,1-2,5,7,18H2,(H,19,21). The number of rotatable bonds is 2. The third kappa shape index (κ3) is 4.48. The summed E-state index contributed by atoms with van der Waals surface area (Å²) in [5.41, 5.74) is 5.79. The second kappa shape index (κ2) is 6.39. The zero-order valence-corrected chi connectivity index (χ0v) is 11.5. The quantitative estimate of drug-likeness (QED) is 0.823. The number of nitrogens with one attached hydrogen (secondary N) is 1. The molecule has 2 rings (SSSR count). The molecule has 0 saturated carbocycles. The Morgan fingerprint density at radius 3 is 2.73 bits per heavy atom. The highest BCUT2D eigenvalue weighted by Crippen LogP contribution is 2.27. The van der Waals surface area contributed by atoms with Crippen molar-refractivity contribution in [1.82, 2.24) is 4.90 Å². The van der Waals surface area contributed by atoms with Gasteiger partial charge in [0.2, 0.25) is 0 Å². The number of nitrogens with two attached hydrogens (primary N) is 1. The molecule has 0 radical (unpaired) electrons. The largest absolute Gasteiger partial charge is 0.573 e.